The van der Waals surface area contributed by atoms with E-state index in [2.05, 4.69) is 20.8 Å². The molecule has 10 heteroatoms. The second kappa shape index (κ2) is 7.34. The summed E-state index contributed by atoms with van der Waals surface area (Å²) in [6, 6.07) is 8.72. The van der Waals surface area contributed by atoms with Gasteiger partial charge in [0.25, 0.3) is 0 Å². The minimum Gasteiger partial charge on any atom is -0.325 e. The van der Waals surface area contributed by atoms with Crippen LogP contribution in [0.5, 0.6) is 0 Å². The highest BCUT2D eigenvalue weighted by molar-refractivity contribution is 7.99. The van der Waals surface area contributed by atoms with Crippen LogP contribution < -0.4 is 5.32 Å². The highest BCUT2D eigenvalue weighted by Gasteiger charge is 2.13. The third-order valence-corrected chi connectivity index (χ3v) is 3.95. The van der Waals surface area contributed by atoms with Gasteiger partial charge in [-0.3, -0.25) is 4.79 Å². The summed E-state index contributed by atoms with van der Waals surface area (Å²) in [4.78, 5) is 11.9. The lowest BCUT2D eigenvalue weighted by Crippen LogP contribution is -2.15. The van der Waals surface area contributed by atoms with Crippen LogP contribution in [0.3, 0.4) is 0 Å². The maximum Gasteiger partial charge on any atom is 0.234 e. The van der Waals surface area contributed by atoms with Gasteiger partial charge in [-0.25, -0.2) is 13.2 Å². The predicted octanol–water partition coefficient (Wildman–Crippen LogP) is 2.81. The van der Waals surface area contributed by atoms with Gasteiger partial charge in [0.15, 0.2) is 11.6 Å². The van der Waals surface area contributed by atoms with E-state index in [1.807, 2.05) is 0 Å². The Morgan fingerprint density at radius 3 is 2.72 bits per heavy atom. The first-order chi connectivity index (χ1) is 12.0. The number of carbonyl (C=O) groups is 1. The molecule has 0 unspecified atom stereocenters. The number of hydrogen-bond donors (Lipinski definition) is 1. The third-order valence-electron chi connectivity index (χ3n) is 3.03. The molecule has 2 aromatic carbocycles. The van der Waals surface area contributed by atoms with Crippen LogP contribution in [0, 0.1) is 17.5 Å². The summed E-state index contributed by atoms with van der Waals surface area (Å²) in [7, 11) is 0. The zero-order valence-electron chi connectivity index (χ0n) is 12.5. The van der Waals surface area contributed by atoms with Crippen molar-refractivity contribution in [1.29, 1.82) is 0 Å². The molecule has 0 saturated heterocycles. The Morgan fingerprint density at radius 1 is 1.12 bits per heavy atom. The number of halogens is 3. The number of aromatic nitrogens is 4. The maximum absolute atomic E-state index is 13.3. The largest absolute Gasteiger partial charge is 0.325 e. The number of nitrogens with one attached hydrogen (secondary N) is 1. The second-order valence-electron chi connectivity index (χ2n) is 4.82. The molecule has 0 fully saturated rings. The Hall–Kier alpha value is -2.88. The quantitative estimate of drug-likeness (QED) is 0.704. The number of nitrogens with zero attached hydrogens (tertiary/aromatic N) is 4. The second-order valence-corrected chi connectivity index (χ2v) is 5.76. The highest BCUT2D eigenvalue weighted by Crippen LogP contribution is 2.19. The van der Waals surface area contributed by atoms with Crippen LogP contribution in [0.2, 0.25) is 0 Å². The molecule has 3 rings (SSSR count). The van der Waals surface area contributed by atoms with Crippen molar-refractivity contribution in [2.75, 3.05) is 11.1 Å². The van der Waals surface area contributed by atoms with Gasteiger partial charge in [0.05, 0.1) is 11.4 Å². The van der Waals surface area contributed by atoms with Gasteiger partial charge in [-0.05, 0) is 40.8 Å². The molecular formula is C15H10F3N5OS. The number of rotatable bonds is 5. The molecule has 1 N–H and O–H groups in total. The molecule has 0 bridgehead atoms. The van der Waals surface area contributed by atoms with E-state index in [9.17, 15) is 18.0 Å². The first-order valence-electron chi connectivity index (χ1n) is 6.95. The zero-order valence-corrected chi connectivity index (χ0v) is 13.3. The van der Waals surface area contributed by atoms with Gasteiger partial charge >= 0.3 is 0 Å². The van der Waals surface area contributed by atoms with Crippen LogP contribution in [0.25, 0.3) is 5.69 Å². The number of carbonyl (C=O) groups excluding carboxylic acids is 1. The molecule has 1 amide bonds. The van der Waals surface area contributed by atoms with Gasteiger partial charge in [0.1, 0.15) is 5.82 Å². The maximum atomic E-state index is 13.3. The van der Waals surface area contributed by atoms with E-state index in [1.165, 1.54) is 28.9 Å². The van der Waals surface area contributed by atoms with Crippen LogP contribution >= 0.6 is 11.8 Å². The van der Waals surface area contributed by atoms with Crippen molar-refractivity contribution in [3.05, 3.63) is 59.9 Å². The fourth-order valence-electron chi connectivity index (χ4n) is 1.94. The molecule has 25 heavy (non-hydrogen) atoms. The summed E-state index contributed by atoms with van der Waals surface area (Å²) in [5, 5.41) is 13.8. The Morgan fingerprint density at radius 2 is 1.96 bits per heavy atom. The normalized spacial score (nSPS) is 10.7. The number of benzene rings is 2. The first kappa shape index (κ1) is 17.0. The highest BCUT2D eigenvalue weighted by atomic mass is 32.2. The van der Waals surface area contributed by atoms with Crippen molar-refractivity contribution in [1.82, 2.24) is 20.2 Å². The van der Waals surface area contributed by atoms with Crippen LogP contribution in [0.4, 0.5) is 18.9 Å². The van der Waals surface area contributed by atoms with Crippen molar-refractivity contribution >= 4 is 23.4 Å². The van der Waals surface area contributed by atoms with Crippen molar-refractivity contribution in [2.45, 2.75) is 5.16 Å². The van der Waals surface area contributed by atoms with E-state index >= 15 is 0 Å². The molecule has 0 aliphatic carbocycles. The summed E-state index contributed by atoms with van der Waals surface area (Å²) >= 11 is 1.01. The Labute approximate surface area is 144 Å². The summed E-state index contributed by atoms with van der Waals surface area (Å²) in [5.41, 5.74) is 0.544. The van der Waals surface area contributed by atoms with Gasteiger partial charge in [-0.2, -0.15) is 4.68 Å². The molecule has 128 valence electrons. The smallest absolute Gasteiger partial charge is 0.234 e. The number of thioether (sulfide) groups is 1. The average molecular weight is 365 g/mol. The lowest BCUT2D eigenvalue weighted by molar-refractivity contribution is -0.113. The van der Waals surface area contributed by atoms with Gasteiger partial charge in [-0.1, -0.05) is 17.8 Å². The molecule has 0 aliphatic heterocycles. The fourth-order valence-corrected chi connectivity index (χ4v) is 2.63. The zero-order chi connectivity index (χ0) is 17.8. The van der Waals surface area contributed by atoms with Gasteiger partial charge in [-0.15, -0.1) is 5.10 Å². The number of tetrazole rings is 1. The van der Waals surface area contributed by atoms with E-state index in [4.69, 9.17) is 0 Å². The van der Waals surface area contributed by atoms with Crippen LogP contribution in [-0.2, 0) is 4.79 Å². The molecule has 0 atom stereocenters. The Bertz CT molecular complexity index is 918. The summed E-state index contributed by atoms with van der Waals surface area (Å²) < 4.78 is 40.6. The standard InChI is InChI=1S/C15H10F3N5OS/c16-9-2-1-3-11(6-9)23-15(20-21-22-23)25-8-14(24)19-10-4-5-12(17)13(18)7-10/h1-7H,8H2,(H,19,24). The minimum absolute atomic E-state index is 0.0747. The van der Waals surface area contributed by atoms with E-state index in [-0.39, 0.29) is 16.6 Å². The molecular weight excluding hydrogens is 355 g/mol. The lowest BCUT2D eigenvalue weighted by Gasteiger charge is -2.06. The van der Waals surface area contributed by atoms with E-state index in [1.54, 1.807) is 6.07 Å². The van der Waals surface area contributed by atoms with Gasteiger partial charge < -0.3 is 5.32 Å². The first-order valence-corrected chi connectivity index (χ1v) is 7.93. The van der Waals surface area contributed by atoms with Crippen molar-refractivity contribution in [2.24, 2.45) is 0 Å². The van der Waals surface area contributed by atoms with Crippen molar-refractivity contribution in [3.63, 3.8) is 0 Å². The lowest BCUT2D eigenvalue weighted by atomic mass is 10.3. The minimum atomic E-state index is -1.06. The molecule has 0 radical (unpaired) electrons. The van der Waals surface area contributed by atoms with E-state index in [0.29, 0.717) is 5.69 Å². The third kappa shape index (κ3) is 4.15. The molecule has 1 aromatic heterocycles. The Balaban J connectivity index is 1.65. The molecule has 1 heterocycles. The van der Waals surface area contributed by atoms with Crippen LogP contribution in [0.15, 0.2) is 47.6 Å². The average Bonchev–Trinajstić information content (AvgIpc) is 3.05. The molecule has 0 aliphatic rings. The van der Waals surface area contributed by atoms with Crippen molar-refractivity contribution < 1.29 is 18.0 Å². The van der Waals surface area contributed by atoms with Gasteiger partial charge in [0, 0.05) is 11.8 Å². The number of anilines is 1. The fraction of sp³-hybridized carbons (Fsp3) is 0.0667. The predicted molar refractivity (Wildman–Crippen MR) is 84.8 cm³/mol. The number of amides is 1. The van der Waals surface area contributed by atoms with Crippen LogP contribution in [-0.4, -0.2) is 31.9 Å². The van der Waals surface area contributed by atoms with Crippen LogP contribution in [0.1, 0.15) is 0 Å². The van der Waals surface area contributed by atoms with E-state index < -0.39 is 23.4 Å². The Kier molecular flexibility index (Phi) is 4.98. The van der Waals surface area contributed by atoms with Gasteiger partial charge in [0.2, 0.25) is 11.1 Å². The SMILES string of the molecule is O=C(CSc1nnnn1-c1cccc(F)c1)Nc1ccc(F)c(F)c1. The molecule has 0 saturated carbocycles. The summed E-state index contributed by atoms with van der Waals surface area (Å²) in [6.45, 7) is 0. The number of hydrogen-bond acceptors (Lipinski definition) is 5. The topological polar surface area (TPSA) is 72.7 Å². The molecule has 6 nitrogen and oxygen atoms in total. The summed E-state index contributed by atoms with van der Waals surface area (Å²) in [6.07, 6.45) is 0. The van der Waals surface area contributed by atoms with E-state index in [0.717, 1.165) is 23.9 Å². The molecule has 0 spiro atoms. The molecule has 3 aromatic rings. The van der Waals surface area contributed by atoms with Crippen molar-refractivity contribution in [3.8, 4) is 5.69 Å². The monoisotopic (exact) mass is 365 g/mol. The summed E-state index contributed by atoms with van der Waals surface area (Å²) in [5.74, 6) is -3.03.